The molecule has 0 N–H and O–H groups in total. The Hall–Kier alpha value is -3.14. The molecule has 0 heterocycles. The number of benzene rings is 3. The van der Waals surface area contributed by atoms with Crippen molar-refractivity contribution in [3.8, 4) is 11.1 Å². The summed E-state index contributed by atoms with van der Waals surface area (Å²) in [5.41, 5.74) is 4.14. The molecule has 0 aliphatic carbocycles. The minimum atomic E-state index is -0.567. The van der Waals surface area contributed by atoms with Crippen molar-refractivity contribution in [1.29, 1.82) is 0 Å². The first kappa shape index (κ1) is 17.7. The lowest BCUT2D eigenvalue weighted by molar-refractivity contribution is 0.0556. The van der Waals surface area contributed by atoms with E-state index in [2.05, 4.69) is 6.07 Å². The zero-order chi connectivity index (χ0) is 18.8. The third kappa shape index (κ3) is 2.94. The fraction of sp³-hybridized carbons (Fsp3) is 0.182. The molecule has 0 saturated carbocycles. The van der Waals surface area contributed by atoms with Crippen LogP contribution in [0, 0.1) is 13.8 Å². The zero-order valence-corrected chi connectivity index (χ0v) is 15.3. The van der Waals surface area contributed by atoms with Crippen LogP contribution in [0.1, 0.15) is 31.8 Å². The second kappa shape index (κ2) is 7.00. The molecule has 3 rings (SSSR count). The summed E-state index contributed by atoms with van der Waals surface area (Å²) in [7, 11) is 2.61. The van der Waals surface area contributed by atoms with Gasteiger partial charge in [-0.25, -0.2) is 9.59 Å². The van der Waals surface area contributed by atoms with Crippen molar-refractivity contribution < 1.29 is 19.1 Å². The first-order chi connectivity index (χ1) is 12.5. The van der Waals surface area contributed by atoms with E-state index in [9.17, 15) is 9.59 Å². The minimum Gasteiger partial charge on any atom is -0.465 e. The van der Waals surface area contributed by atoms with Crippen LogP contribution in [0.4, 0.5) is 0 Å². The highest BCUT2D eigenvalue weighted by Gasteiger charge is 2.26. The Labute approximate surface area is 152 Å². The highest BCUT2D eigenvalue weighted by molar-refractivity contribution is 6.15. The summed E-state index contributed by atoms with van der Waals surface area (Å²) in [5, 5.41) is 1.74. The molecule has 3 aromatic carbocycles. The molecule has 0 fully saturated rings. The van der Waals surface area contributed by atoms with Crippen molar-refractivity contribution in [2.24, 2.45) is 0 Å². The van der Waals surface area contributed by atoms with E-state index in [0.29, 0.717) is 5.56 Å². The Morgan fingerprint density at radius 2 is 1.54 bits per heavy atom. The number of ether oxygens (including phenoxy) is 2. The van der Waals surface area contributed by atoms with Crippen LogP contribution in [-0.4, -0.2) is 26.2 Å². The number of methoxy groups -OCH3 is 2. The molecule has 0 saturated heterocycles. The van der Waals surface area contributed by atoms with E-state index in [4.69, 9.17) is 9.47 Å². The molecule has 0 spiro atoms. The molecule has 0 bridgehead atoms. The first-order valence-corrected chi connectivity index (χ1v) is 8.28. The molecule has 132 valence electrons. The fourth-order valence-corrected chi connectivity index (χ4v) is 3.31. The third-order valence-electron chi connectivity index (χ3n) is 4.50. The summed E-state index contributed by atoms with van der Waals surface area (Å²) in [6.07, 6.45) is 0. The molecule has 0 aliphatic heterocycles. The van der Waals surface area contributed by atoms with Gasteiger partial charge in [0.15, 0.2) is 0 Å². The van der Waals surface area contributed by atoms with Crippen molar-refractivity contribution in [1.82, 2.24) is 0 Å². The first-order valence-electron chi connectivity index (χ1n) is 8.28. The summed E-state index contributed by atoms with van der Waals surface area (Å²) >= 11 is 0. The molecule has 3 aromatic rings. The standard InChI is InChI=1S/C22H20O4/c1-13-9-10-16(14(2)11-13)19-17-8-6-5-7-15(17)12-18(21(23)25-3)20(19)22(24)26-4/h5-12H,1-4H3. The van der Waals surface area contributed by atoms with E-state index in [-0.39, 0.29) is 11.1 Å². The van der Waals surface area contributed by atoms with Crippen molar-refractivity contribution in [3.05, 3.63) is 70.8 Å². The van der Waals surface area contributed by atoms with E-state index in [1.54, 1.807) is 6.07 Å². The van der Waals surface area contributed by atoms with E-state index in [0.717, 1.165) is 27.5 Å². The number of carbonyl (C=O) groups excluding carboxylic acids is 2. The summed E-state index contributed by atoms with van der Waals surface area (Å²) in [6.45, 7) is 4.00. The Morgan fingerprint density at radius 1 is 0.846 bits per heavy atom. The van der Waals surface area contributed by atoms with Crippen LogP contribution in [-0.2, 0) is 9.47 Å². The van der Waals surface area contributed by atoms with E-state index in [1.807, 2.05) is 50.2 Å². The van der Waals surface area contributed by atoms with Gasteiger partial charge in [-0.2, -0.15) is 0 Å². The number of esters is 2. The number of carbonyl (C=O) groups is 2. The van der Waals surface area contributed by atoms with E-state index in [1.165, 1.54) is 14.2 Å². The fourth-order valence-electron chi connectivity index (χ4n) is 3.31. The molecule has 4 heteroatoms. The molecule has 0 amide bonds. The maximum Gasteiger partial charge on any atom is 0.339 e. The number of rotatable bonds is 3. The average Bonchev–Trinajstić information content (AvgIpc) is 2.65. The van der Waals surface area contributed by atoms with Crippen molar-refractivity contribution in [3.63, 3.8) is 0 Å². The molecular formula is C22H20O4. The van der Waals surface area contributed by atoms with Crippen LogP contribution < -0.4 is 0 Å². The monoisotopic (exact) mass is 348 g/mol. The van der Waals surface area contributed by atoms with Crippen LogP contribution in [0.5, 0.6) is 0 Å². The largest absolute Gasteiger partial charge is 0.465 e. The van der Waals surface area contributed by atoms with Gasteiger partial charge in [-0.1, -0.05) is 48.0 Å². The molecule has 4 nitrogen and oxygen atoms in total. The van der Waals surface area contributed by atoms with Gasteiger partial charge in [-0.15, -0.1) is 0 Å². The van der Waals surface area contributed by atoms with Crippen LogP contribution in [0.15, 0.2) is 48.5 Å². The second-order valence-corrected chi connectivity index (χ2v) is 6.20. The molecule has 0 unspecified atom stereocenters. The van der Waals surface area contributed by atoms with Gasteiger partial charge in [0.1, 0.15) is 0 Å². The lowest BCUT2D eigenvalue weighted by atomic mass is 9.87. The normalized spacial score (nSPS) is 10.6. The quantitative estimate of drug-likeness (QED) is 0.644. The average molecular weight is 348 g/mol. The maximum atomic E-state index is 12.6. The topological polar surface area (TPSA) is 52.6 Å². The summed E-state index contributed by atoms with van der Waals surface area (Å²) in [4.78, 5) is 25.0. The van der Waals surface area contributed by atoms with Gasteiger partial charge in [0.2, 0.25) is 0 Å². The van der Waals surface area contributed by atoms with Gasteiger partial charge in [0.25, 0.3) is 0 Å². The molecule has 0 atom stereocenters. The lowest BCUT2D eigenvalue weighted by Crippen LogP contribution is -2.14. The van der Waals surface area contributed by atoms with Gasteiger partial charge < -0.3 is 9.47 Å². The van der Waals surface area contributed by atoms with Gasteiger partial charge >= 0.3 is 11.9 Å². The third-order valence-corrected chi connectivity index (χ3v) is 4.50. The Morgan fingerprint density at radius 3 is 2.19 bits per heavy atom. The summed E-state index contributed by atoms with van der Waals surface area (Å²) < 4.78 is 9.91. The Balaban J connectivity index is 2.52. The van der Waals surface area contributed by atoms with Crippen molar-refractivity contribution in [2.75, 3.05) is 14.2 Å². The lowest BCUT2D eigenvalue weighted by Gasteiger charge is -2.17. The van der Waals surface area contributed by atoms with Gasteiger partial charge in [-0.05, 0) is 41.8 Å². The van der Waals surface area contributed by atoms with E-state index < -0.39 is 11.9 Å². The highest BCUT2D eigenvalue weighted by atomic mass is 16.5. The number of hydrogen-bond acceptors (Lipinski definition) is 4. The van der Waals surface area contributed by atoms with E-state index >= 15 is 0 Å². The predicted molar refractivity (Wildman–Crippen MR) is 102 cm³/mol. The van der Waals surface area contributed by atoms with Crippen LogP contribution in [0.25, 0.3) is 21.9 Å². The second-order valence-electron chi connectivity index (χ2n) is 6.20. The number of fused-ring (bicyclic) bond motifs is 1. The highest BCUT2D eigenvalue weighted by Crippen LogP contribution is 2.37. The number of hydrogen-bond donors (Lipinski definition) is 0. The maximum absolute atomic E-state index is 12.6. The molecule has 0 aliphatic rings. The summed E-state index contributed by atoms with van der Waals surface area (Å²) in [5.74, 6) is -1.13. The Bertz CT molecular complexity index is 1020. The molecular weight excluding hydrogens is 328 g/mol. The SMILES string of the molecule is COC(=O)c1cc2ccccc2c(-c2ccc(C)cc2C)c1C(=O)OC. The predicted octanol–water partition coefficient (Wildman–Crippen LogP) is 4.70. The molecule has 0 aromatic heterocycles. The van der Waals surface area contributed by atoms with Crippen LogP contribution in [0.2, 0.25) is 0 Å². The Kier molecular flexibility index (Phi) is 4.76. The van der Waals surface area contributed by atoms with Crippen LogP contribution in [0.3, 0.4) is 0 Å². The smallest absolute Gasteiger partial charge is 0.339 e. The van der Waals surface area contributed by atoms with Crippen LogP contribution >= 0.6 is 0 Å². The molecule has 26 heavy (non-hydrogen) atoms. The number of aryl methyl sites for hydroxylation is 2. The summed E-state index contributed by atoms with van der Waals surface area (Å²) in [6, 6.07) is 15.4. The van der Waals surface area contributed by atoms with Gasteiger partial charge in [0.05, 0.1) is 25.3 Å². The van der Waals surface area contributed by atoms with Crippen molar-refractivity contribution >= 4 is 22.7 Å². The van der Waals surface area contributed by atoms with Gasteiger partial charge in [-0.3, -0.25) is 0 Å². The van der Waals surface area contributed by atoms with Crippen molar-refractivity contribution in [2.45, 2.75) is 13.8 Å². The minimum absolute atomic E-state index is 0.202. The van der Waals surface area contributed by atoms with Gasteiger partial charge in [0, 0.05) is 5.56 Å². The zero-order valence-electron chi connectivity index (χ0n) is 15.3. The molecule has 0 radical (unpaired) electrons.